The number of methoxy groups -OCH3 is 1. The van der Waals surface area contributed by atoms with Crippen molar-refractivity contribution in [3.63, 3.8) is 0 Å². The van der Waals surface area contributed by atoms with Crippen LogP contribution >= 0.6 is 0 Å². The number of rotatable bonds is 9. The highest BCUT2D eigenvalue weighted by Crippen LogP contribution is 2.36. The van der Waals surface area contributed by atoms with Gasteiger partial charge in [-0.3, -0.25) is 14.4 Å². The fourth-order valence-corrected chi connectivity index (χ4v) is 3.22. The number of hydrogen-bond acceptors (Lipinski definition) is 7. The van der Waals surface area contributed by atoms with E-state index in [-0.39, 0.29) is 29.4 Å². The SMILES string of the molecule is CCOc1cc(OC(=O)C(C)(C)C)c(C(C)C)cc1C=C(OC)C(=O)c1ccc(OC(=O)C(C)(C)C)cc1. The van der Waals surface area contributed by atoms with E-state index >= 15 is 0 Å². The summed E-state index contributed by atoms with van der Waals surface area (Å²) in [7, 11) is 1.42. The standard InChI is InChI=1S/C31H40O7/c1-11-36-24-18-25(38-29(34)31(7,8)9)23(19(2)3)16-21(24)17-26(35-10)27(32)20-12-14-22(15-13-20)37-28(33)30(4,5)6/h12-19H,11H2,1-10H3. The van der Waals surface area contributed by atoms with Gasteiger partial charge in [-0.15, -0.1) is 0 Å². The van der Waals surface area contributed by atoms with Crippen molar-refractivity contribution in [1.82, 2.24) is 0 Å². The average Bonchev–Trinajstić information content (AvgIpc) is 2.82. The normalized spacial score (nSPS) is 12.2. The van der Waals surface area contributed by atoms with E-state index in [9.17, 15) is 14.4 Å². The van der Waals surface area contributed by atoms with Gasteiger partial charge in [-0.2, -0.15) is 0 Å². The van der Waals surface area contributed by atoms with E-state index in [0.29, 0.717) is 35.0 Å². The zero-order valence-corrected chi connectivity index (χ0v) is 24.2. The second-order valence-corrected chi connectivity index (χ2v) is 11.4. The Balaban J connectivity index is 2.46. The highest BCUT2D eigenvalue weighted by atomic mass is 16.5. The molecule has 0 aromatic heterocycles. The third-order valence-corrected chi connectivity index (χ3v) is 5.55. The Labute approximate surface area is 226 Å². The van der Waals surface area contributed by atoms with Gasteiger partial charge in [0.05, 0.1) is 24.5 Å². The van der Waals surface area contributed by atoms with Gasteiger partial charge in [0, 0.05) is 17.2 Å². The van der Waals surface area contributed by atoms with Crippen LogP contribution in [0.25, 0.3) is 6.08 Å². The van der Waals surface area contributed by atoms with Crippen molar-refractivity contribution in [2.24, 2.45) is 10.8 Å². The molecule has 2 aromatic rings. The highest BCUT2D eigenvalue weighted by Gasteiger charge is 2.27. The molecule has 0 saturated carbocycles. The van der Waals surface area contributed by atoms with Gasteiger partial charge in [0.2, 0.25) is 5.78 Å². The third kappa shape index (κ3) is 7.94. The van der Waals surface area contributed by atoms with E-state index in [2.05, 4.69) is 0 Å². The van der Waals surface area contributed by atoms with E-state index < -0.39 is 10.8 Å². The molecule has 0 spiro atoms. The molecular formula is C31H40O7. The summed E-state index contributed by atoms with van der Waals surface area (Å²) in [6.45, 7) is 16.9. The summed E-state index contributed by atoms with van der Waals surface area (Å²) < 4.78 is 22.4. The molecule has 0 fully saturated rings. The monoisotopic (exact) mass is 524 g/mol. The van der Waals surface area contributed by atoms with Crippen molar-refractivity contribution in [1.29, 1.82) is 0 Å². The van der Waals surface area contributed by atoms with Crippen LogP contribution in [0.2, 0.25) is 0 Å². The number of allylic oxidation sites excluding steroid dienone is 1. The summed E-state index contributed by atoms with van der Waals surface area (Å²) in [6, 6.07) is 9.85. The fourth-order valence-electron chi connectivity index (χ4n) is 3.22. The first-order valence-corrected chi connectivity index (χ1v) is 12.7. The molecule has 7 heteroatoms. The van der Waals surface area contributed by atoms with Gasteiger partial charge >= 0.3 is 11.9 Å². The second-order valence-electron chi connectivity index (χ2n) is 11.4. The minimum absolute atomic E-state index is 0.0330. The smallest absolute Gasteiger partial charge is 0.316 e. The third-order valence-electron chi connectivity index (χ3n) is 5.55. The Morgan fingerprint density at radius 2 is 1.39 bits per heavy atom. The van der Waals surface area contributed by atoms with Crippen LogP contribution in [0.15, 0.2) is 42.2 Å². The van der Waals surface area contributed by atoms with Crippen molar-refractivity contribution in [3.05, 3.63) is 58.8 Å². The zero-order valence-electron chi connectivity index (χ0n) is 24.2. The molecule has 0 N–H and O–H groups in total. The molecular weight excluding hydrogens is 484 g/mol. The Kier molecular flexibility index (Phi) is 9.90. The lowest BCUT2D eigenvalue weighted by atomic mass is 9.96. The molecule has 0 bridgehead atoms. The number of carbonyl (C=O) groups is 3. The number of benzene rings is 2. The maximum Gasteiger partial charge on any atom is 0.316 e. The maximum absolute atomic E-state index is 13.3. The van der Waals surface area contributed by atoms with E-state index in [1.807, 2.05) is 26.8 Å². The van der Waals surface area contributed by atoms with E-state index in [4.69, 9.17) is 18.9 Å². The van der Waals surface area contributed by atoms with Gasteiger partial charge in [0.25, 0.3) is 0 Å². The van der Waals surface area contributed by atoms with Crippen LogP contribution in [0.1, 0.15) is 89.7 Å². The lowest BCUT2D eigenvalue weighted by Gasteiger charge is -2.21. The van der Waals surface area contributed by atoms with Gasteiger partial charge < -0.3 is 18.9 Å². The summed E-state index contributed by atoms with van der Waals surface area (Å²) in [5.74, 6) is 0.296. The second kappa shape index (κ2) is 12.3. The number of ether oxygens (including phenoxy) is 4. The molecule has 0 saturated heterocycles. The molecule has 0 aliphatic heterocycles. The Hall–Kier alpha value is -3.61. The summed E-state index contributed by atoms with van der Waals surface area (Å²) in [4.78, 5) is 38.0. The quantitative estimate of drug-likeness (QED) is 0.115. The predicted molar refractivity (Wildman–Crippen MR) is 148 cm³/mol. The molecule has 0 aliphatic carbocycles. The average molecular weight is 525 g/mol. The summed E-state index contributed by atoms with van der Waals surface area (Å²) in [5, 5.41) is 0. The van der Waals surface area contributed by atoms with Gasteiger partial charge in [-0.25, -0.2) is 0 Å². The van der Waals surface area contributed by atoms with Crippen molar-refractivity contribution in [2.45, 2.75) is 68.2 Å². The van der Waals surface area contributed by atoms with Crippen LogP contribution in [0.3, 0.4) is 0 Å². The zero-order chi connectivity index (χ0) is 28.8. The van der Waals surface area contributed by atoms with E-state index in [1.165, 1.54) is 7.11 Å². The van der Waals surface area contributed by atoms with Crippen molar-refractivity contribution >= 4 is 23.8 Å². The molecule has 0 heterocycles. The highest BCUT2D eigenvalue weighted by molar-refractivity contribution is 6.10. The first-order chi connectivity index (χ1) is 17.6. The van der Waals surface area contributed by atoms with E-state index in [1.54, 1.807) is 78.0 Å². The van der Waals surface area contributed by atoms with Crippen LogP contribution in [-0.2, 0) is 14.3 Å². The molecule has 0 aliphatic rings. The Bertz CT molecular complexity index is 1190. The first kappa shape index (κ1) is 30.6. The summed E-state index contributed by atoms with van der Waals surface area (Å²) in [5.41, 5.74) is 0.465. The summed E-state index contributed by atoms with van der Waals surface area (Å²) >= 11 is 0. The predicted octanol–water partition coefficient (Wildman–Crippen LogP) is 6.98. The number of ketones is 1. The molecule has 0 radical (unpaired) electrons. The van der Waals surface area contributed by atoms with E-state index in [0.717, 1.165) is 5.56 Å². The van der Waals surface area contributed by atoms with Crippen LogP contribution in [0.4, 0.5) is 0 Å². The topological polar surface area (TPSA) is 88.1 Å². The largest absolute Gasteiger partial charge is 0.493 e. The van der Waals surface area contributed by atoms with Crippen molar-refractivity contribution < 1.29 is 33.3 Å². The minimum Gasteiger partial charge on any atom is -0.493 e. The minimum atomic E-state index is -0.672. The number of carbonyl (C=O) groups excluding carboxylic acids is 3. The molecule has 2 rings (SSSR count). The van der Waals surface area contributed by atoms with Crippen LogP contribution < -0.4 is 14.2 Å². The van der Waals surface area contributed by atoms with Crippen LogP contribution in [-0.4, -0.2) is 31.4 Å². The lowest BCUT2D eigenvalue weighted by Crippen LogP contribution is -2.26. The fraction of sp³-hybridized carbons (Fsp3) is 0.452. The van der Waals surface area contributed by atoms with Gasteiger partial charge in [0.1, 0.15) is 17.2 Å². The van der Waals surface area contributed by atoms with Crippen LogP contribution in [0, 0.1) is 10.8 Å². The Morgan fingerprint density at radius 1 is 0.842 bits per heavy atom. The van der Waals surface area contributed by atoms with Gasteiger partial charge in [-0.1, -0.05) is 13.8 Å². The molecule has 0 atom stereocenters. The molecule has 38 heavy (non-hydrogen) atoms. The maximum atomic E-state index is 13.3. The first-order valence-electron chi connectivity index (χ1n) is 12.7. The van der Waals surface area contributed by atoms with Gasteiger partial charge in [0.15, 0.2) is 5.76 Å². The number of hydrogen-bond donors (Lipinski definition) is 0. The van der Waals surface area contributed by atoms with Crippen molar-refractivity contribution in [2.75, 3.05) is 13.7 Å². The van der Waals surface area contributed by atoms with Gasteiger partial charge in [-0.05, 0) is 96.4 Å². The van der Waals surface area contributed by atoms with Crippen LogP contribution in [0.5, 0.6) is 17.2 Å². The molecule has 7 nitrogen and oxygen atoms in total. The number of Topliss-reactive ketones (excluding diaryl/α,β-unsaturated/α-hetero) is 1. The molecule has 0 amide bonds. The number of esters is 2. The summed E-state index contributed by atoms with van der Waals surface area (Å²) in [6.07, 6.45) is 1.61. The molecule has 0 unspecified atom stereocenters. The molecule has 2 aromatic carbocycles. The Morgan fingerprint density at radius 3 is 1.87 bits per heavy atom. The van der Waals surface area contributed by atoms with Crippen molar-refractivity contribution in [3.8, 4) is 17.2 Å². The molecule has 206 valence electrons. The lowest BCUT2D eigenvalue weighted by molar-refractivity contribution is -0.143.